The number of nitrogens with zero attached hydrogens (tertiary/aromatic N) is 3. The first-order valence-electron chi connectivity index (χ1n) is 15.8. The number of hydrogen-bond acceptors (Lipinski definition) is 5. The topological polar surface area (TPSA) is 99.7 Å². The van der Waals surface area contributed by atoms with Gasteiger partial charge in [0.25, 0.3) is 0 Å². The number of sulfonamides is 1. The number of halogens is 3. The zero-order valence-corrected chi connectivity index (χ0v) is 30.1. The SMILES string of the molecule is CCC[CH2][Sn]([CH2]CCC)([CH2]CCC)[c]1cncc2cccc(S(=O)(=O)N3CCCN(C(=O)CNC(=O)C(F)(F)F)C[C@@H]3C)c12. The number of amides is 2. The van der Waals surface area contributed by atoms with Gasteiger partial charge in [-0.2, -0.15) is 13.2 Å². The van der Waals surface area contributed by atoms with Crippen LogP contribution in [-0.4, -0.2) is 91.2 Å². The van der Waals surface area contributed by atoms with Crippen molar-refractivity contribution in [3.8, 4) is 0 Å². The Morgan fingerprint density at radius 3 is 2.18 bits per heavy atom. The van der Waals surface area contributed by atoms with Crippen LogP contribution < -0.4 is 8.90 Å². The quantitative estimate of drug-likeness (QED) is 0.255. The van der Waals surface area contributed by atoms with E-state index < -0.39 is 59.0 Å². The number of pyridine rings is 1. The van der Waals surface area contributed by atoms with E-state index in [9.17, 15) is 31.2 Å². The molecule has 13 heteroatoms. The van der Waals surface area contributed by atoms with Crippen molar-refractivity contribution in [3.63, 3.8) is 0 Å². The molecular weight excluding hydrogens is 700 g/mol. The molecule has 1 aliphatic heterocycles. The van der Waals surface area contributed by atoms with Crippen LogP contribution in [0.1, 0.15) is 72.6 Å². The second-order valence-corrected chi connectivity index (χ2v) is 27.0. The fourth-order valence-corrected chi connectivity index (χ4v) is 25.1. The summed E-state index contributed by atoms with van der Waals surface area (Å²) in [5.41, 5.74) is 0. The third-order valence-corrected chi connectivity index (χ3v) is 26.3. The van der Waals surface area contributed by atoms with Crippen LogP contribution in [0.15, 0.2) is 35.5 Å². The van der Waals surface area contributed by atoms with Gasteiger partial charge in [0.2, 0.25) is 0 Å². The van der Waals surface area contributed by atoms with Crippen molar-refractivity contribution in [1.82, 2.24) is 19.5 Å². The summed E-state index contributed by atoms with van der Waals surface area (Å²) >= 11 is -3.15. The first-order chi connectivity index (χ1) is 20.8. The van der Waals surface area contributed by atoms with Crippen LogP contribution in [0.5, 0.6) is 0 Å². The number of nitrogens with one attached hydrogen (secondary N) is 1. The van der Waals surface area contributed by atoms with Crippen molar-refractivity contribution in [2.75, 3.05) is 26.2 Å². The van der Waals surface area contributed by atoms with Crippen molar-refractivity contribution in [3.05, 3.63) is 30.6 Å². The van der Waals surface area contributed by atoms with Gasteiger partial charge >= 0.3 is 247 Å². The molecule has 3 rings (SSSR count). The van der Waals surface area contributed by atoms with Crippen LogP contribution in [-0.2, 0) is 19.6 Å². The van der Waals surface area contributed by atoms with Crippen LogP contribution in [0.4, 0.5) is 13.2 Å². The number of carbonyl (C=O) groups excluding carboxylic acids is 2. The van der Waals surface area contributed by atoms with Gasteiger partial charge < -0.3 is 0 Å². The number of benzene rings is 1. The third kappa shape index (κ3) is 8.65. The fourth-order valence-electron chi connectivity index (χ4n) is 6.36. The average molecular weight is 748 g/mol. The van der Waals surface area contributed by atoms with E-state index in [1.54, 1.807) is 30.6 Å². The Kier molecular flexibility index (Phi) is 13.3. The van der Waals surface area contributed by atoms with Gasteiger partial charge in [-0.05, 0) is 0 Å². The van der Waals surface area contributed by atoms with Gasteiger partial charge in [-0.1, -0.05) is 0 Å². The second kappa shape index (κ2) is 16.1. The van der Waals surface area contributed by atoms with E-state index in [0.717, 1.165) is 62.6 Å². The van der Waals surface area contributed by atoms with Gasteiger partial charge in [0, 0.05) is 0 Å². The number of aromatic nitrogens is 1. The van der Waals surface area contributed by atoms with Crippen LogP contribution in [0.3, 0.4) is 0 Å². The van der Waals surface area contributed by atoms with Gasteiger partial charge in [0.1, 0.15) is 0 Å². The number of fused-ring (bicyclic) bond motifs is 1. The Hall–Kier alpha value is -1.93. The predicted molar refractivity (Wildman–Crippen MR) is 170 cm³/mol. The Labute approximate surface area is 264 Å². The van der Waals surface area contributed by atoms with E-state index in [1.165, 1.54) is 12.8 Å². The molecule has 1 aliphatic rings. The molecule has 0 aliphatic carbocycles. The van der Waals surface area contributed by atoms with Crippen LogP contribution in [0, 0.1) is 0 Å². The second-order valence-electron chi connectivity index (χ2n) is 12.0. The Morgan fingerprint density at radius 1 is 1.00 bits per heavy atom. The molecule has 1 aromatic carbocycles. The van der Waals surface area contributed by atoms with E-state index in [-0.39, 0.29) is 24.5 Å². The maximum absolute atomic E-state index is 14.5. The number of unbranched alkanes of at least 4 members (excludes halogenated alkanes) is 3. The summed E-state index contributed by atoms with van der Waals surface area (Å²) in [6.07, 6.45) is 5.53. The van der Waals surface area contributed by atoms with Crippen molar-refractivity contribution >= 4 is 54.6 Å². The standard InChI is InChI=1S/C19H20F3N4O4S.3C4H9.Sn/c1-13-12-25(17(27)11-24-18(28)19(20,21)22)8-3-9-26(13)31(29,30)16-5-2-4-14-10-23-7-6-15(14)16;3*1-3-4-2;/h2,4-5,7,10,13H,3,8-9,11-12H2,1H3,(H,24,28);3*1,3-4H2,2H3;/t13-;;;;/m0..../s1. The van der Waals surface area contributed by atoms with E-state index in [1.807, 2.05) is 12.3 Å². The normalized spacial score (nSPS) is 17.1. The molecule has 0 spiro atoms. The van der Waals surface area contributed by atoms with Crippen molar-refractivity contribution in [2.45, 2.75) is 103 Å². The summed E-state index contributed by atoms with van der Waals surface area (Å²) in [4.78, 5) is 30.2. The molecule has 2 aromatic rings. The Balaban J connectivity index is 2.02. The summed E-state index contributed by atoms with van der Waals surface area (Å²) < 4.78 is 72.9. The molecule has 246 valence electrons. The molecule has 1 atom stereocenters. The molecule has 1 saturated heterocycles. The molecule has 0 bridgehead atoms. The molecule has 1 fully saturated rings. The summed E-state index contributed by atoms with van der Waals surface area (Å²) in [6.45, 7) is 7.84. The van der Waals surface area contributed by atoms with Crippen LogP contribution >= 0.6 is 0 Å². The van der Waals surface area contributed by atoms with E-state index in [2.05, 4.69) is 25.8 Å². The summed E-state index contributed by atoms with van der Waals surface area (Å²) in [5, 5.41) is 3.23. The molecule has 2 heterocycles. The van der Waals surface area contributed by atoms with Crippen molar-refractivity contribution in [1.29, 1.82) is 0 Å². The average Bonchev–Trinajstić information content (AvgIpc) is 3.20. The molecule has 0 unspecified atom stereocenters. The molecule has 1 aromatic heterocycles. The summed E-state index contributed by atoms with van der Waals surface area (Å²) in [7, 11) is -4.02. The van der Waals surface area contributed by atoms with Crippen LogP contribution in [0.2, 0.25) is 13.3 Å². The molecule has 0 radical (unpaired) electrons. The predicted octanol–water partition coefficient (Wildman–Crippen LogP) is 5.58. The minimum atomic E-state index is -5.09. The number of alkyl halides is 3. The van der Waals surface area contributed by atoms with Crippen LogP contribution in [0.25, 0.3) is 10.8 Å². The summed E-state index contributed by atoms with van der Waals surface area (Å²) in [6, 6.07) is 4.75. The van der Waals surface area contributed by atoms with E-state index in [4.69, 9.17) is 0 Å². The molecule has 44 heavy (non-hydrogen) atoms. The van der Waals surface area contributed by atoms with Gasteiger partial charge in [-0.3, -0.25) is 4.79 Å². The zero-order valence-electron chi connectivity index (χ0n) is 26.4. The van der Waals surface area contributed by atoms with E-state index in [0.29, 0.717) is 6.42 Å². The Bertz CT molecular complexity index is 1360. The van der Waals surface area contributed by atoms with Crippen molar-refractivity contribution < 1.29 is 31.2 Å². The molecule has 1 N–H and O–H groups in total. The first kappa shape index (κ1) is 36.5. The molecule has 0 saturated carbocycles. The van der Waals surface area contributed by atoms with Gasteiger partial charge in [0.15, 0.2) is 0 Å². The minimum absolute atomic E-state index is 0.00575. The molecule has 8 nitrogen and oxygen atoms in total. The van der Waals surface area contributed by atoms with Gasteiger partial charge in [-0.25, -0.2) is 0 Å². The zero-order chi connectivity index (χ0) is 32.5. The molecular formula is C31H47F3N4O4SSn. The maximum atomic E-state index is 14.5. The van der Waals surface area contributed by atoms with E-state index >= 15 is 0 Å². The molecule has 2 amide bonds. The number of carbonyl (C=O) groups is 2. The Morgan fingerprint density at radius 2 is 1.61 bits per heavy atom. The van der Waals surface area contributed by atoms with Crippen molar-refractivity contribution in [2.24, 2.45) is 0 Å². The fraction of sp³-hybridized carbons (Fsp3) is 0.645. The number of hydrogen-bond donors (Lipinski definition) is 1. The van der Waals surface area contributed by atoms with Gasteiger partial charge in [-0.15, -0.1) is 0 Å². The monoisotopic (exact) mass is 748 g/mol. The third-order valence-electron chi connectivity index (χ3n) is 8.72. The summed E-state index contributed by atoms with van der Waals surface area (Å²) in [5.74, 6) is -2.87. The van der Waals surface area contributed by atoms with Gasteiger partial charge in [0.05, 0.1) is 0 Å². The first-order valence-corrected chi connectivity index (χ1v) is 24.8. The number of rotatable bonds is 14.